The summed E-state index contributed by atoms with van der Waals surface area (Å²) in [5, 5.41) is 21.1. The molecule has 0 saturated carbocycles. The molecule has 1 aromatic carbocycles. The van der Waals surface area contributed by atoms with Crippen molar-refractivity contribution >= 4 is 0 Å². The predicted octanol–water partition coefficient (Wildman–Crippen LogP) is 1.73. The van der Waals surface area contributed by atoms with E-state index in [2.05, 4.69) is 11.4 Å². The number of aliphatic hydroxyl groups excluding tert-OH is 1. The highest BCUT2D eigenvalue weighted by Gasteiger charge is 2.05. The maximum atomic E-state index is 9.05. The third-order valence-electron chi connectivity index (χ3n) is 2.77. The number of nitrogens with one attached hydrogen (secondary N) is 1. The van der Waals surface area contributed by atoms with Gasteiger partial charge in [-0.25, -0.2) is 0 Å². The second kappa shape index (κ2) is 6.26. The largest absolute Gasteiger partial charge is 0.395 e. The summed E-state index contributed by atoms with van der Waals surface area (Å²) >= 11 is 0. The molecule has 1 unspecified atom stereocenters. The van der Waals surface area contributed by atoms with Crippen molar-refractivity contribution in [3.05, 3.63) is 34.9 Å². The Hall–Kier alpha value is -1.37. The number of hydrogen-bond donors (Lipinski definition) is 2. The second-order valence-corrected chi connectivity index (χ2v) is 3.92. The van der Waals surface area contributed by atoms with Crippen molar-refractivity contribution in [3.63, 3.8) is 0 Å². The Balaban J connectivity index is 2.65. The number of benzene rings is 1. The van der Waals surface area contributed by atoms with Crippen LogP contribution in [-0.4, -0.2) is 17.8 Å². The van der Waals surface area contributed by atoms with E-state index in [0.717, 1.165) is 18.5 Å². The van der Waals surface area contributed by atoms with Crippen molar-refractivity contribution in [2.75, 3.05) is 6.61 Å². The standard InChI is InChI=1S/C13H18N2O/c1-3-13(9-16)15-8-12-5-4-11(7-14)6-10(12)2/h4-6,13,15-16H,3,8-9H2,1-2H3. The zero-order valence-electron chi connectivity index (χ0n) is 9.83. The van der Waals surface area contributed by atoms with Crippen LogP contribution in [0.2, 0.25) is 0 Å². The fourth-order valence-electron chi connectivity index (χ4n) is 1.56. The lowest BCUT2D eigenvalue weighted by molar-refractivity contribution is 0.238. The molecule has 0 aliphatic carbocycles. The minimum absolute atomic E-state index is 0.148. The fourth-order valence-corrected chi connectivity index (χ4v) is 1.56. The van der Waals surface area contributed by atoms with Crippen LogP contribution in [0.1, 0.15) is 30.0 Å². The molecule has 3 nitrogen and oxygen atoms in total. The molecule has 0 aromatic heterocycles. The van der Waals surface area contributed by atoms with Crippen LogP contribution in [0.4, 0.5) is 0 Å². The SMILES string of the molecule is CCC(CO)NCc1ccc(C#N)cc1C. The van der Waals surface area contributed by atoms with Gasteiger partial charge >= 0.3 is 0 Å². The lowest BCUT2D eigenvalue weighted by Gasteiger charge is -2.15. The van der Waals surface area contributed by atoms with E-state index >= 15 is 0 Å². The molecule has 0 radical (unpaired) electrons. The van der Waals surface area contributed by atoms with Gasteiger partial charge in [0.05, 0.1) is 18.2 Å². The van der Waals surface area contributed by atoms with Crippen LogP contribution in [0.15, 0.2) is 18.2 Å². The molecule has 0 spiro atoms. The Labute approximate surface area is 96.7 Å². The van der Waals surface area contributed by atoms with Crippen LogP contribution in [0.25, 0.3) is 0 Å². The van der Waals surface area contributed by atoms with E-state index in [9.17, 15) is 0 Å². The van der Waals surface area contributed by atoms with E-state index in [1.54, 1.807) is 0 Å². The molecular formula is C13H18N2O. The molecule has 1 aromatic rings. The third-order valence-corrected chi connectivity index (χ3v) is 2.77. The number of aliphatic hydroxyl groups is 1. The number of aryl methyl sites for hydroxylation is 1. The van der Waals surface area contributed by atoms with Crippen LogP contribution in [0, 0.1) is 18.3 Å². The lowest BCUT2D eigenvalue weighted by Crippen LogP contribution is -2.31. The Morgan fingerprint density at radius 1 is 1.50 bits per heavy atom. The van der Waals surface area contributed by atoms with Crippen LogP contribution >= 0.6 is 0 Å². The van der Waals surface area contributed by atoms with Crippen molar-refractivity contribution in [1.29, 1.82) is 5.26 Å². The zero-order valence-corrected chi connectivity index (χ0v) is 9.83. The molecule has 1 atom stereocenters. The van der Waals surface area contributed by atoms with Gasteiger partial charge in [-0.1, -0.05) is 13.0 Å². The normalized spacial score (nSPS) is 12.1. The molecule has 0 aliphatic rings. The lowest BCUT2D eigenvalue weighted by atomic mass is 10.1. The topological polar surface area (TPSA) is 56.0 Å². The van der Waals surface area contributed by atoms with Crippen LogP contribution < -0.4 is 5.32 Å². The quantitative estimate of drug-likeness (QED) is 0.791. The summed E-state index contributed by atoms with van der Waals surface area (Å²) in [6.07, 6.45) is 0.909. The molecule has 0 saturated heterocycles. The van der Waals surface area contributed by atoms with Crippen molar-refractivity contribution < 1.29 is 5.11 Å². The molecule has 0 aliphatic heterocycles. The van der Waals surface area contributed by atoms with Crippen LogP contribution in [0.3, 0.4) is 0 Å². The van der Waals surface area contributed by atoms with E-state index in [1.165, 1.54) is 5.56 Å². The van der Waals surface area contributed by atoms with Gasteiger partial charge in [0.25, 0.3) is 0 Å². The maximum absolute atomic E-state index is 9.05. The van der Waals surface area contributed by atoms with Gasteiger partial charge < -0.3 is 10.4 Å². The average Bonchev–Trinajstić information content (AvgIpc) is 2.32. The molecule has 2 N–H and O–H groups in total. The number of nitrogens with zero attached hydrogens (tertiary/aromatic N) is 1. The van der Waals surface area contributed by atoms with E-state index < -0.39 is 0 Å². The summed E-state index contributed by atoms with van der Waals surface area (Å²) in [5.74, 6) is 0. The highest BCUT2D eigenvalue weighted by molar-refractivity contribution is 5.37. The summed E-state index contributed by atoms with van der Waals surface area (Å²) in [5.41, 5.74) is 2.97. The number of rotatable bonds is 5. The molecule has 86 valence electrons. The first-order valence-corrected chi connectivity index (χ1v) is 5.55. The van der Waals surface area contributed by atoms with E-state index in [4.69, 9.17) is 10.4 Å². The highest BCUT2D eigenvalue weighted by Crippen LogP contribution is 2.10. The molecule has 0 bridgehead atoms. The summed E-state index contributed by atoms with van der Waals surface area (Å²) in [6.45, 7) is 4.93. The van der Waals surface area contributed by atoms with Crippen molar-refractivity contribution in [1.82, 2.24) is 5.32 Å². The first kappa shape index (κ1) is 12.7. The fraction of sp³-hybridized carbons (Fsp3) is 0.462. The van der Waals surface area contributed by atoms with Gasteiger partial charge in [-0.15, -0.1) is 0 Å². The molecular weight excluding hydrogens is 200 g/mol. The number of nitriles is 1. The van der Waals surface area contributed by atoms with Gasteiger partial charge in [-0.3, -0.25) is 0 Å². The van der Waals surface area contributed by atoms with E-state index in [1.807, 2.05) is 32.0 Å². The Bertz CT molecular complexity index is 378. The Kier molecular flexibility index (Phi) is 4.97. The van der Waals surface area contributed by atoms with E-state index in [-0.39, 0.29) is 12.6 Å². The molecule has 0 fully saturated rings. The minimum Gasteiger partial charge on any atom is -0.395 e. The maximum Gasteiger partial charge on any atom is 0.0991 e. The first-order chi connectivity index (χ1) is 7.71. The monoisotopic (exact) mass is 218 g/mol. The van der Waals surface area contributed by atoms with Crippen LogP contribution in [0.5, 0.6) is 0 Å². The van der Waals surface area contributed by atoms with Gasteiger partial charge in [0.1, 0.15) is 0 Å². The van der Waals surface area contributed by atoms with Crippen molar-refractivity contribution in [2.45, 2.75) is 32.9 Å². The van der Waals surface area contributed by atoms with Crippen molar-refractivity contribution in [2.24, 2.45) is 0 Å². The summed E-state index contributed by atoms with van der Waals surface area (Å²) < 4.78 is 0. The van der Waals surface area contributed by atoms with Gasteiger partial charge in [-0.05, 0) is 36.6 Å². The molecule has 1 rings (SSSR count). The van der Waals surface area contributed by atoms with Gasteiger partial charge in [0, 0.05) is 12.6 Å². The Morgan fingerprint density at radius 2 is 2.25 bits per heavy atom. The average molecular weight is 218 g/mol. The molecule has 16 heavy (non-hydrogen) atoms. The van der Waals surface area contributed by atoms with Gasteiger partial charge in [-0.2, -0.15) is 5.26 Å². The number of hydrogen-bond acceptors (Lipinski definition) is 3. The zero-order chi connectivity index (χ0) is 12.0. The van der Waals surface area contributed by atoms with E-state index in [0.29, 0.717) is 5.56 Å². The first-order valence-electron chi connectivity index (χ1n) is 5.55. The predicted molar refractivity (Wildman–Crippen MR) is 63.9 cm³/mol. The Morgan fingerprint density at radius 3 is 2.75 bits per heavy atom. The summed E-state index contributed by atoms with van der Waals surface area (Å²) in [7, 11) is 0. The smallest absolute Gasteiger partial charge is 0.0991 e. The highest BCUT2D eigenvalue weighted by atomic mass is 16.3. The van der Waals surface area contributed by atoms with Gasteiger partial charge in [0.2, 0.25) is 0 Å². The third kappa shape index (κ3) is 3.34. The summed E-state index contributed by atoms with van der Waals surface area (Å²) in [4.78, 5) is 0. The van der Waals surface area contributed by atoms with Crippen LogP contribution in [-0.2, 0) is 6.54 Å². The molecule has 3 heteroatoms. The van der Waals surface area contributed by atoms with Crippen molar-refractivity contribution in [3.8, 4) is 6.07 Å². The molecule has 0 amide bonds. The van der Waals surface area contributed by atoms with Gasteiger partial charge in [0.15, 0.2) is 0 Å². The second-order valence-electron chi connectivity index (χ2n) is 3.92. The minimum atomic E-state index is 0.148. The summed E-state index contributed by atoms with van der Waals surface area (Å²) in [6, 6.07) is 7.94. The molecule has 0 heterocycles.